The molecular weight excluding hydrogens is 356 g/mol. The first-order valence-corrected chi connectivity index (χ1v) is 9.25. The Morgan fingerprint density at radius 1 is 1.07 bits per heavy atom. The van der Waals surface area contributed by atoms with Crippen LogP contribution in [0, 0.1) is 5.92 Å². The van der Waals surface area contributed by atoms with Crippen LogP contribution in [0.4, 0.5) is 5.69 Å². The lowest BCUT2D eigenvalue weighted by Crippen LogP contribution is -2.30. The summed E-state index contributed by atoms with van der Waals surface area (Å²) in [6.45, 7) is 1.04. The second kappa shape index (κ2) is 7.68. The van der Waals surface area contributed by atoms with Crippen LogP contribution in [0.15, 0.2) is 69.9 Å². The number of carbonyl (C=O) groups excluding carboxylic acids is 2. The molecule has 0 radical (unpaired) electrons. The molecule has 1 aliphatic rings. The van der Waals surface area contributed by atoms with Crippen LogP contribution in [-0.4, -0.2) is 29.8 Å². The average Bonchev–Trinajstić information content (AvgIpc) is 3.08. The molecule has 4 rings (SSSR count). The fourth-order valence-electron chi connectivity index (χ4n) is 3.47. The van der Waals surface area contributed by atoms with E-state index in [-0.39, 0.29) is 24.2 Å². The SMILES string of the molecule is O=C(Nc1ccc2oc(=O)ccc2c1)C1CC(=O)N(CCc2ccccc2)C1. The number of rotatable bonds is 5. The molecule has 0 aliphatic carbocycles. The second-order valence-electron chi connectivity index (χ2n) is 6.97. The lowest BCUT2D eigenvalue weighted by Gasteiger charge is -2.16. The Hall–Kier alpha value is -3.41. The highest BCUT2D eigenvalue weighted by Crippen LogP contribution is 2.22. The highest BCUT2D eigenvalue weighted by molar-refractivity contribution is 5.98. The van der Waals surface area contributed by atoms with E-state index in [1.54, 1.807) is 29.2 Å². The number of hydrogen-bond acceptors (Lipinski definition) is 4. The van der Waals surface area contributed by atoms with Gasteiger partial charge in [-0.05, 0) is 36.2 Å². The normalized spacial score (nSPS) is 16.5. The van der Waals surface area contributed by atoms with Gasteiger partial charge in [0.15, 0.2) is 0 Å². The quantitative estimate of drug-likeness (QED) is 0.695. The number of benzene rings is 2. The number of anilines is 1. The van der Waals surface area contributed by atoms with Gasteiger partial charge in [0, 0.05) is 36.7 Å². The highest BCUT2D eigenvalue weighted by atomic mass is 16.4. The van der Waals surface area contributed by atoms with Crippen LogP contribution >= 0.6 is 0 Å². The van der Waals surface area contributed by atoms with Crippen LogP contribution in [0.1, 0.15) is 12.0 Å². The molecule has 3 aromatic rings. The minimum Gasteiger partial charge on any atom is -0.423 e. The van der Waals surface area contributed by atoms with Crippen molar-refractivity contribution in [2.75, 3.05) is 18.4 Å². The van der Waals surface area contributed by atoms with Crippen LogP contribution in [0.2, 0.25) is 0 Å². The maximum absolute atomic E-state index is 12.6. The third-order valence-corrected chi connectivity index (χ3v) is 4.99. The third-order valence-electron chi connectivity index (χ3n) is 4.99. The number of carbonyl (C=O) groups is 2. The van der Waals surface area contributed by atoms with E-state index in [0.717, 1.165) is 11.8 Å². The van der Waals surface area contributed by atoms with Crippen LogP contribution in [0.5, 0.6) is 0 Å². The summed E-state index contributed by atoms with van der Waals surface area (Å²) in [4.78, 5) is 37.9. The summed E-state index contributed by atoms with van der Waals surface area (Å²) >= 11 is 0. The second-order valence-corrected chi connectivity index (χ2v) is 6.97. The predicted octanol–water partition coefficient (Wildman–Crippen LogP) is 2.82. The summed E-state index contributed by atoms with van der Waals surface area (Å²) < 4.78 is 5.09. The molecule has 6 nitrogen and oxygen atoms in total. The molecule has 28 heavy (non-hydrogen) atoms. The Kier molecular flexibility index (Phi) is 4.93. The van der Waals surface area contributed by atoms with Crippen molar-refractivity contribution in [3.63, 3.8) is 0 Å². The molecule has 1 aliphatic heterocycles. The van der Waals surface area contributed by atoms with E-state index < -0.39 is 5.63 Å². The van der Waals surface area contributed by atoms with Gasteiger partial charge in [0.25, 0.3) is 0 Å². The fraction of sp³-hybridized carbons (Fsp3) is 0.227. The number of hydrogen-bond donors (Lipinski definition) is 1. The molecule has 142 valence electrons. The van der Waals surface area contributed by atoms with Crippen LogP contribution in [0.3, 0.4) is 0 Å². The molecule has 2 heterocycles. The Morgan fingerprint density at radius 2 is 1.89 bits per heavy atom. The van der Waals surface area contributed by atoms with E-state index in [2.05, 4.69) is 5.32 Å². The lowest BCUT2D eigenvalue weighted by molar-refractivity contribution is -0.128. The van der Waals surface area contributed by atoms with Crippen molar-refractivity contribution in [3.05, 3.63) is 76.6 Å². The van der Waals surface area contributed by atoms with Crippen molar-refractivity contribution in [3.8, 4) is 0 Å². The summed E-state index contributed by atoms with van der Waals surface area (Å²) in [5.74, 6) is -0.531. The molecule has 0 saturated carbocycles. The minimum absolute atomic E-state index is 0.0105. The highest BCUT2D eigenvalue weighted by Gasteiger charge is 2.34. The average molecular weight is 376 g/mol. The van der Waals surface area contributed by atoms with Crippen LogP contribution < -0.4 is 10.9 Å². The standard InChI is InChI=1S/C22H20N2O4/c25-20-13-17(14-24(20)11-10-15-4-2-1-3-5-15)22(27)23-18-7-8-19-16(12-18)6-9-21(26)28-19/h1-9,12,17H,10-11,13-14H2,(H,23,27). The molecule has 1 unspecified atom stereocenters. The lowest BCUT2D eigenvalue weighted by atomic mass is 10.1. The molecule has 1 aromatic heterocycles. The van der Waals surface area contributed by atoms with Gasteiger partial charge in [-0.15, -0.1) is 0 Å². The summed E-state index contributed by atoms with van der Waals surface area (Å²) in [6, 6.07) is 18.1. The molecule has 2 amide bonds. The van der Waals surface area contributed by atoms with E-state index >= 15 is 0 Å². The monoisotopic (exact) mass is 376 g/mol. The Balaban J connectivity index is 1.38. The van der Waals surface area contributed by atoms with E-state index in [1.807, 2.05) is 30.3 Å². The summed E-state index contributed by atoms with van der Waals surface area (Å²) in [5.41, 5.74) is 1.84. The molecule has 1 atom stereocenters. The van der Waals surface area contributed by atoms with E-state index in [9.17, 15) is 14.4 Å². The number of fused-ring (bicyclic) bond motifs is 1. The van der Waals surface area contributed by atoms with Gasteiger partial charge in [-0.1, -0.05) is 30.3 Å². The van der Waals surface area contributed by atoms with Crippen molar-refractivity contribution in [2.24, 2.45) is 5.92 Å². The first-order valence-electron chi connectivity index (χ1n) is 9.25. The van der Waals surface area contributed by atoms with Gasteiger partial charge in [0.05, 0.1) is 5.92 Å². The van der Waals surface area contributed by atoms with Crippen molar-refractivity contribution in [2.45, 2.75) is 12.8 Å². The van der Waals surface area contributed by atoms with Gasteiger partial charge >= 0.3 is 5.63 Å². The number of nitrogens with one attached hydrogen (secondary N) is 1. The third kappa shape index (κ3) is 3.96. The van der Waals surface area contributed by atoms with E-state index in [1.165, 1.54) is 11.6 Å². The maximum atomic E-state index is 12.6. The Bertz CT molecular complexity index is 1070. The molecule has 1 fully saturated rings. The van der Waals surface area contributed by atoms with E-state index in [0.29, 0.717) is 24.4 Å². The van der Waals surface area contributed by atoms with Gasteiger partial charge in [-0.2, -0.15) is 0 Å². The first-order chi connectivity index (χ1) is 13.6. The van der Waals surface area contributed by atoms with Gasteiger partial charge in [0.2, 0.25) is 11.8 Å². The minimum atomic E-state index is -0.413. The van der Waals surface area contributed by atoms with Crippen LogP contribution in [0.25, 0.3) is 11.0 Å². The molecule has 1 saturated heterocycles. The summed E-state index contributed by atoms with van der Waals surface area (Å²) in [5, 5.41) is 3.59. The Labute approximate surface area is 161 Å². The first kappa shape index (κ1) is 18.0. The molecule has 0 spiro atoms. The zero-order valence-corrected chi connectivity index (χ0v) is 15.3. The summed E-state index contributed by atoms with van der Waals surface area (Å²) in [7, 11) is 0. The maximum Gasteiger partial charge on any atom is 0.336 e. The predicted molar refractivity (Wildman–Crippen MR) is 106 cm³/mol. The zero-order valence-electron chi connectivity index (χ0n) is 15.3. The fourth-order valence-corrected chi connectivity index (χ4v) is 3.47. The van der Waals surface area contributed by atoms with Gasteiger partial charge < -0.3 is 14.6 Å². The van der Waals surface area contributed by atoms with Crippen LogP contribution in [-0.2, 0) is 16.0 Å². The number of amides is 2. The topological polar surface area (TPSA) is 79.6 Å². The van der Waals surface area contributed by atoms with Crippen molar-refractivity contribution in [1.29, 1.82) is 0 Å². The smallest absolute Gasteiger partial charge is 0.336 e. The molecule has 1 N–H and O–H groups in total. The number of nitrogens with zero attached hydrogens (tertiary/aromatic N) is 1. The summed E-state index contributed by atoms with van der Waals surface area (Å²) in [6.07, 6.45) is 1.000. The molecular formula is C22H20N2O4. The number of likely N-dealkylation sites (tertiary alicyclic amines) is 1. The van der Waals surface area contributed by atoms with Crippen molar-refractivity contribution < 1.29 is 14.0 Å². The van der Waals surface area contributed by atoms with Gasteiger partial charge in [-0.25, -0.2) is 4.79 Å². The van der Waals surface area contributed by atoms with Gasteiger partial charge in [-0.3, -0.25) is 9.59 Å². The zero-order chi connectivity index (χ0) is 19.5. The molecule has 0 bridgehead atoms. The molecule has 6 heteroatoms. The largest absolute Gasteiger partial charge is 0.423 e. The van der Waals surface area contributed by atoms with Gasteiger partial charge in [0.1, 0.15) is 5.58 Å². The van der Waals surface area contributed by atoms with Crippen molar-refractivity contribution in [1.82, 2.24) is 4.90 Å². The van der Waals surface area contributed by atoms with Crippen molar-refractivity contribution >= 4 is 28.5 Å². The molecule has 2 aromatic carbocycles. The van der Waals surface area contributed by atoms with E-state index in [4.69, 9.17) is 4.42 Å². The Morgan fingerprint density at radius 3 is 2.71 bits per heavy atom.